The zero-order valence-electron chi connectivity index (χ0n) is 16.3. The number of hydrogen-bond donors (Lipinski definition) is 1. The summed E-state index contributed by atoms with van der Waals surface area (Å²) in [7, 11) is -3.06. The van der Waals surface area contributed by atoms with Crippen LogP contribution in [0.5, 0.6) is 0 Å². The molecule has 10 heteroatoms. The van der Waals surface area contributed by atoms with Gasteiger partial charge in [-0.3, -0.25) is 9.78 Å². The lowest BCUT2D eigenvalue weighted by atomic mass is 9.95. The van der Waals surface area contributed by atoms with Gasteiger partial charge in [0, 0.05) is 28.6 Å². The molecule has 31 heavy (non-hydrogen) atoms. The van der Waals surface area contributed by atoms with E-state index in [-0.39, 0.29) is 34.6 Å². The van der Waals surface area contributed by atoms with Crippen molar-refractivity contribution in [3.8, 4) is 11.1 Å². The molecule has 0 spiro atoms. The van der Waals surface area contributed by atoms with Crippen LogP contribution in [0, 0.1) is 5.82 Å². The van der Waals surface area contributed by atoms with Crippen molar-refractivity contribution >= 4 is 38.5 Å². The van der Waals surface area contributed by atoms with Gasteiger partial charge in [0.1, 0.15) is 21.5 Å². The number of aldehydes is 1. The molecule has 1 fully saturated rings. The summed E-state index contributed by atoms with van der Waals surface area (Å²) in [5.74, 6) is -0.305. The van der Waals surface area contributed by atoms with Crippen molar-refractivity contribution in [2.24, 2.45) is 0 Å². The quantitative estimate of drug-likeness (QED) is 0.487. The minimum absolute atomic E-state index is 0.0506. The van der Waals surface area contributed by atoms with Crippen molar-refractivity contribution in [1.82, 2.24) is 19.6 Å². The van der Waals surface area contributed by atoms with Crippen LogP contribution in [0.3, 0.4) is 0 Å². The maximum Gasteiger partial charge on any atom is 0.165 e. The Hall–Kier alpha value is -3.40. The van der Waals surface area contributed by atoms with E-state index in [0.717, 1.165) is 0 Å². The zero-order valence-corrected chi connectivity index (χ0v) is 17.1. The summed E-state index contributed by atoms with van der Waals surface area (Å²) in [6.45, 7) is 0. The molecule has 0 atom stereocenters. The first-order valence-electron chi connectivity index (χ1n) is 9.75. The average molecular weight is 439 g/mol. The van der Waals surface area contributed by atoms with Gasteiger partial charge in [-0.2, -0.15) is 9.61 Å². The third-order valence-electron chi connectivity index (χ3n) is 5.76. The number of benzene rings is 1. The fraction of sp³-hybridized carbons (Fsp3) is 0.238. The van der Waals surface area contributed by atoms with E-state index < -0.39 is 9.84 Å². The van der Waals surface area contributed by atoms with E-state index in [2.05, 4.69) is 10.1 Å². The molecule has 0 radical (unpaired) electrons. The maximum atomic E-state index is 13.7. The highest BCUT2D eigenvalue weighted by molar-refractivity contribution is 7.91. The summed E-state index contributed by atoms with van der Waals surface area (Å²) in [6, 6.07) is 6.15. The summed E-state index contributed by atoms with van der Waals surface area (Å²) in [6.07, 6.45) is 4.63. The molecule has 0 aliphatic carbocycles. The van der Waals surface area contributed by atoms with Gasteiger partial charge in [0.15, 0.2) is 11.9 Å². The Bertz CT molecular complexity index is 1450. The monoisotopic (exact) mass is 439 g/mol. The summed E-state index contributed by atoms with van der Waals surface area (Å²) in [5, 5.41) is 4.91. The number of nitrogens with zero attached hydrogens (tertiary/aromatic N) is 4. The first-order chi connectivity index (χ1) is 14.9. The van der Waals surface area contributed by atoms with Crippen LogP contribution in [0.1, 0.15) is 34.8 Å². The second kappa shape index (κ2) is 7.09. The Balaban J connectivity index is 1.67. The SMILES string of the molecule is Nc1c(C=O)c(C2CCS(=O)(=O)CC2)nc2c(-c3cnc4ccc(F)cc4c3)cnn12. The van der Waals surface area contributed by atoms with E-state index in [4.69, 9.17) is 10.7 Å². The zero-order chi connectivity index (χ0) is 21.8. The molecule has 4 aromatic rings. The third kappa shape index (κ3) is 3.32. The van der Waals surface area contributed by atoms with Gasteiger partial charge in [-0.25, -0.2) is 17.8 Å². The molecule has 0 bridgehead atoms. The third-order valence-corrected chi connectivity index (χ3v) is 7.48. The van der Waals surface area contributed by atoms with Crippen molar-refractivity contribution in [1.29, 1.82) is 0 Å². The van der Waals surface area contributed by atoms with Gasteiger partial charge in [-0.15, -0.1) is 0 Å². The summed E-state index contributed by atoms with van der Waals surface area (Å²) in [4.78, 5) is 20.9. The second-order valence-corrected chi connectivity index (χ2v) is 10.00. The fourth-order valence-electron chi connectivity index (χ4n) is 4.09. The highest BCUT2D eigenvalue weighted by atomic mass is 32.2. The molecule has 0 amide bonds. The summed E-state index contributed by atoms with van der Waals surface area (Å²) >= 11 is 0. The molecule has 3 aromatic heterocycles. The van der Waals surface area contributed by atoms with Crippen LogP contribution in [0.15, 0.2) is 36.7 Å². The molecule has 5 rings (SSSR count). The Kier molecular flexibility index (Phi) is 4.47. The minimum atomic E-state index is -3.06. The van der Waals surface area contributed by atoms with Crippen LogP contribution in [-0.4, -0.2) is 45.8 Å². The molecular formula is C21H18FN5O3S. The molecule has 158 valence electrons. The number of carbonyl (C=O) groups is 1. The topological polar surface area (TPSA) is 120 Å². The van der Waals surface area contributed by atoms with E-state index >= 15 is 0 Å². The van der Waals surface area contributed by atoms with E-state index in [0.29, 0.717) is 52.5 Å². The summed E-state index contributed by atoms with van der Waals surface area (Å²) < 4.78 is 38.7. The molecule has 0 saturated carbocycles. The van der Waals surface area contributed by atoms with Gasteiger partial charge in [-0.05, 0) is 37.1 Å². The number of hydrogen-bond acceptors (Lipinski definition) is 7. The number of anilines is 1. The molecular weight excluding hydrogens is 421 g/mol. The van der Waals surface area contributed by atoms with E-state index in [1.807, 2.05) is 0 Å². The lowest BCUT2D eigenvalue weighted by molar-refractivity contribution is 0.112. The normalized spacial score (nSPS) is 16.7. The summed E-state index contributed by atoms with van der Waals surface area (Å²) in [5.41, 5.74) is 9.34. The first kappa shape index (κ1) is 19.6. The van der Waals surface area contributed by atoms with Crippen LogP contribution >= 0.6 is 0 Å². The number of rotatable bonds is 3. The van der Waals surface area contributed by atoms with Crippen LogP contribution in [0.4, 0.5) is 10.2 Å². The molecule has 8 nitrogen and oxygen atoms in total. The van der Waals surface area contributed by atoms with Crippen LogP contribution in [-0.2, 0) is 9.84 Å². The number of nitrogens with two attached hydrogens (primary N) is 1. The number of aromatic nitrogens is 4. The Labute approximate surface area is 176 Å². The molecule has 2 N–H and O–H groups in total. The highest BCUT2D eigenvalue weighted by Crippen LogP contribution is 2.34. The average Bonchev–Trinajstić information content (AvgIpc) is 3.17. The first-order valence-corrected chi connectivity index (χ1v) is 11.6. The van der Waals surface area contributed by atoms with Crippen molar-refractivity contribution in [2.75, 3.05) is 17.2 Å². The number of carbonyl (C=O) groups excluding carboxylic acids is 1. The Morgan fingerprint density at radius 2 is 1.94 bits per heavy atom. The Morgan fingerprint density at radius 1 is 1.16 bits per heavy atom. The molecule has 1 aliphatic heterocycles. The van der Waals surface area contributed by atoms with Gasteiger partial charge in [0.05, 0.1) is 34.5 Å². The molecule has 4 heterocycles. The van der Waals surface area contributed by atoms with Gasteiger partial charge in [0.2, 0.25) is 0 Å². The predicted molar refractivity (Wildman–Crippen MR) is 114 cm³/mol. The lowest BCUT2D eigenvalue weighted by Gasteiger charge is -2.23. The van der Waals surface area contributed by atoms with E-state index in [1.165, 1.54) is 16.6 Å². The van der Waals surface area contributed by atoms with Gasteiger partial charge < -0.3 is 5.73 Å². The Morgan fingerprint density at radius 3 is 2.68 bits per heavy atom. The van der Waals surface area contributed by atoms with E-state index in [1.54, 1.807) is 24.5 Å². The van der Waals surface area contributed by atoms with Crippen molar-refractivity contribution in [3.63, 3.8) is 0 Å². The number of halogens is 1. The maximum absolute atomic E-state index is 13.7. The number of fused-ring (bicyclic) bond motifs is 2. The standard InChI is InChI=1S/C21H18FN5O3S/c22-15-1-2-18-13(8-15)7-14(9-24-18)16-10-25-27-20(23)17(11-28)19(26-21(16)27)12-3-5-31(29,30)6-4-12/h1-2,7-12H,3-6,23H2. The van der Waals surface area contributed by atoms with Crippen LogP contribution in [0.25, 0.3) is 27.7 Å². The molecule has 0 unspecified atom stereocenters. The molecule has 1 saturated heterocycles. The number of pyridine rings is 1. The number of nitrogen functional groups attached to an aromatic ring is 1. The smallest absolute Gasteiger partial charge is 0.165 e. The van der Waals surface area contributed by atoms with Crippen LogP contribution in [0.2, 0.25) is 0 Å². The van der Waals surface area contributed by atoms with Gasteiger partial charge >= 0.3 is 0 Å². The minimum Gasteiger partial charge on any atom is -0.383 e. The second-order valence-electron chi connectivity index (χ2n) is 7.69. The molecule has 1 aromatic carbocycles. The van der Waals surface area contributed by atoms with E-state index in [9.17, 15) is 17.6 Å². The largest absolute Gasteiger partial charge is 0.383 e. The van der Waals surface area contributed by atoms with Gasteiger partial charge in [-0.1, -0.05) is 0 Å². The van der Waals surface area contributed by atoms with Crippen molar-refractivity contribution in [3.05, 3.63) is 53.7 Å². The highest BCUT2D eigenvalue weighted by Gasteiger charge is 2.29. The lowest BCUT2D eigenvalue weighted by Crippen LogP contribution is -2.24. The van der Waals surface area contributed by atoms with Gasteiger partial charge in [0.25, 0.3) is 0 Å². The fourth-order valence-corrected chi connectivity index (χ4v) is 5.59. The molecule has 1 aliphatic rings. The van der Waals surface area contributed by atoms with Crippen LogP contribution < -0.4 is 5.73 Å². The van der Waals surface area contributed by atoms with Crippen molar-refractivity contribution in [2.45, 2.75) is 18.8 Å². The number of sulfone groups is 1. The van der Waals surface area contributed by atoms with Crippen molar-refractivity contribution < 1.29 is 17.6 Å². The predicted octanol–water partition coefficient (Wildman–Crippen LogP) is 2.77.